The molecule has 0 saturated heterocycles. The van der Waals surface area contributed by atoms with Crippen LogP contribution in [0.4, 0.5) is 0 Å². The van der Waals surface area contributed by atoms with Gasteiger partial charge < -0.3 is 9.29 Å². The Kier molecular flexibility index (Phi) is 5.01. The molecule has 0 bridgehead atoms. The van der Waals surface area contributed by atoms with Crippen LogP contribution in [0.2, 0.25) is 0 Å². The highest BCUT2D eigenvalue weighted by atomic mass is 32.2. The van der Waals surface area contributed by atoms with Crippen LogP contribution in [0.25, 0.3) is 0 Å². The monoisotopic (exact) mass is 212 g/mol. The van der Waals surface area contributed by atoms with Crippen LogP contribution in [0.3, 0.4) is 0 Å². The first kappa shape index (κ1) is 11.6. The maximum absolute atomic E-state index is 9.00. The van der Waals surface area contributed by atoms with Gasteiger partial charge in [0.2, 0.25) is 0 Å². The van der Waals surface area contributed by atoms with E-state index >= 15 is 0 Å². The molecule has 0 spiro atoms. The zero-order valence-electron chi connectivity index (χ0n) is 8.56. The standard InChI is InChI=1S/C11H16O2S/c1-9-3-5-11(6-4-9)14-13-8-7-10(2)12/h3-6,10,12H,7-8H2,1-2H3. The van der Waals surface area contributed by atoms with Gasteiger partial charge in [-0.25, -0.2) is 0 Å². The normalized spacial score (nSPS) is 12.8. The highest BCUT2D eigenvalue weighted by molar-refractivity contribution is 7.94. The van der Waals surface area contributed by atoms with Gasteiger partial charge in [-0.1, -0.05) is 17.7 Å². The summed E-state index contributed by atoms with van der Waals surface area (Å²) in [5.74, 6) is 0. The fraction of sp³-hybridized carbons (Fsp3) is 0.455. The number of aliphatic hydroxyl groups is 1. The molecule has 3 heteroatoms. The summed E-state index contributed by atoms with van der Waals surface area (Å²) in [4.78, 5) is 1.10. The number of aliphatic hydroxyl groups excluding tert-OH is 1. The third kappa shape index (κ3) is 4.65. The van der Waals surface area contributed by atoms with E-state index in [1.165, 1.54) is 17.6 Å². The molecule has 0 amide bonds. The SMILES string of the molecule is Cc1ccc(SOCCC(C)O)cc1. The molecule has 0 radical (unpaired) electrons. The molecular formula is C11H16O2S. The van der Waals surface area contributed by atoms with Gasteiger partial charge in [0, 0.05) is 16.9 Å². The quantitative estimate of drug-likeness (QED) is 0.601. The van der Waals surface area contributed by atoms with Crippen LogP contribution < -0.4 is 0 Å². The molecule has 2 nitrogen and oxygen atoms in total. The van der Waals surface area contributed by atoms with Gasteiger partial charge in [-0.2, -0.15) is 0 Å². The van der Waals surface area contributed by atoms with Crippen molar-refractivity contribution >= 4 is 12.0 Å². The van der Waals surface area contributed by atoms with Crippen molar-refractivity contribution < 1.29 is 9.29 Å². The van der Waals surface area contributed by atoms with Crippen LogP contribution in [0.5, 0.6) is 0 Å². The van der Waals surface area contributed by atoms with Gasteiger partial charge in [0.1, 0.15) is 0 Å². The van der Waals surface area contributed by atoms with E-state index < -0.39 is 0 Å². The summed E-state index contributed by atoms with van der Waals surface area (Å²) in [5, 5.41) is 9.00. The van der Waals surface area contributed by atoms with E-state index in [4.69, 9.17) is 9.29 Å². The zero-order chi connectivity index (χ0) is 10.4. The summed E-state index contributed by atoms with van der Waals surface area (Å²) < 4.78 is 5.33. The smallest absolute Gasteiger partial charge is 0.0643 e. The van der Waals surface area contributed by atoms with Crippen LogP contribution in [0.15, 0.2) is 29.2 Å². The van der Waals surface area contributed by atoms with Crippen molar-refractivity contribution in [3.05, 3.63) is 29.8 Å². The van der Waals surface area contributed by atoms with Crippen molar-refractivity contribution in [3.8, 4) is 0 Å². The molecule has 0 aliphatic rings. The fourth-order valence-electron chi connectivity index (χ4n) is 0.922. The Morgan fingerprint density at radius 1 is 1.36 bits per heavy atom. The fourth-order valence-corrected chi connectivity index (χ4v) is 1.49. The number of aryl methyl sites for hydroxylation is 1. The van der Waals surface area contributed by atoms with Crippen molar-refractivity contribution in [2.24, 2.45) is 0 Å². The Morgan fingerprint density at radius 2 is 2.00 bits per heavy atom. The van der Waals surface area contributed by atoms with Gasteiger partial charge in [-0.3, -0.25) is 0 Å². The minimum Gasteiger partial charge on any atom is -0.393 e. The molecule has 1 rings (SSSR count). The second kappa shape index (κ2) is 6.06. The topological polar surface area (TPSA) is 29.5 Å². The summed E-state index contributed by atoms with van der Waals surface area (Å²) in [6, 6.07) is 8.17. The predicted octanol–water partition coefficient (Wildman–Crippen LogP) is 2.79. The lowest BCUT2D eigenvalue weighted by Gasteiger charge is -2.04. The summed E-state index contributed by atoms with van der Waals surface area (Å²) >= 11 is 1.36. The van der Waals surface area contributed by atoms with E-state index in [0.29, 0.717) is 13.0 Å². The molecule has 0 saturated carbocycles. The highest BCUT2D eigenvalue weighted by Crippen LogP contribution is 2.19. The number of hydrogen-bond donors (Lipinski definition) is 1. The van der Waals surface area contributed by atoms with E-state index in [9.17, 15) is 0 Å². The molecular weight excluding hydrogens is 196 g/mol. The molecule has 78 valence electrons. The predicted molar refractivity (Wildman–Crippen MR) is 59.3 cm³/mol. The molecule has 1 atom stereocenters. The van der Waals surface area contributed by atoms with E-state index in [1.54, 1.807) is 6.92 Å². The van der Waals surface area contributed by atoms with Crippen LogP contribution >= 0.6 is 12.0 Å². The second-order valence-corrected chi connectivity index (χ2v) is 4.23. The van der Waals surface area contributed by atoms with Crippen molar-refractivity contribution in [3.63, 3.8) is 0 Å². The van der Waals surface area contributed by atoms with Gasteiger partial charge in [0.15, 0.2) is 0 Å². The summed E-state index contributed by atoms with van der Waals surface area (Å²) in [6.07, 6.45) is 0.396. The van der Waals surface area contributed by atoms with Gasteiger partial charge in [0.05, 0.1) is 12.7 Å². The minimum atomic E-state index is -0.284. The Bertz CT molecular complexity index is 256. The Morgan fingerprint density at radius 3 is 2.57 bits per heavy atom. The highest BCUT2D eigenvalue weighted by Gasteiger charge is 1.97. The molecule has 1 N–H and O–H groups in total. The van der Waals surface area contributed by atoms with Gasteiger partial charge in [-0.05, 0) is 32.4 Å². The largest absolute Gasteiger partial charge is 0.393 e. The van der Waals surface area contributed by atoms with Crippen molar-refractivity contribution in [2.75, 3.05) is 6.61 Å². The number of rotatable bonds is 5. The Balaban J connectivity index is 2.21. The van der Waals surface area contributed by atoms with Crippen LogP contribution in [-0.4, -0.2) is 17.8 Å². The Hall–Kier alpha value is -0.510. The number of benzene rings is 1. The minimum absolute atomic E-state index is 0.284. The summed E-state index contributed by atoms with van der Waals surface area (Å²) in [6.45, 7) is 4.40. The molecule has 1 unspecified atom stereocenters. The molecule has 0 aromatic heterocycles. The maximum Gasteiger partial charge on any atom is 0.0643 e. The van der Waals surface area contributed by atoms with Crippen LogP contribution in [-0.2, 0) is 4.18 Å². The average Bonchev–Trinajstić information content (AvgIpc) is 2.15. The van der Waals surface area contributed by atoms with Gasteiger partial charge in [-0.15, -0.1) is 0 Å². The lowest BCUT2D eigenvalue weighted by molar-refractivity contribution is 0.162. The van der Waals surface area contributed by atoms with E-state index in [1.807, 2.05) is 12.1 Å². The lowest BCUT2D eigenvalue weighted by atomic mass is 10.2. The van der Waals surface area contributed by atoms with Crippen molar-refractivity contribution in [1.82, 2.24) is 0 Å². The lowest BCUT2D eigenvalue weighted by Crippen LogP contribution is -2.02. The third-order valence-electron chi connectivity index (χ3n) is 1.80. The number of hydrogen-bond acceptors (Lipinski definition) is 3. The maximum atomic E-state index is 9.00. The first-order chi connectivity index (χ1) is 6.68. The molecule has 1 aromatic carbocycles. The van der Waals surface area contributed by atoms with E-state index in [-0.39, 0.29) is 6.10 Å². The second-order valence-electron chi connectivity index (χ2n) is 3.36. The first-order valence-electron chi connectivity index (χ1n) is 4.72. The van der Waals surface area contributed by atoms with Gasteiger partial charge in [0.25, 0.3) is 0 Å². The molecule has 0 aliphatic heterocycles. The molecule has 14 heavy (non-hydrogen) atoms. The summed E-state index contributed by atoms with van der Waals surface area (Å²) in [7, 11) is 0. The Labute approximate surface area is 89.5 Å². The van der Waals surface area contributed by atoms with E-state index in [0.717, 1.165) is 4.90 Å². The van der Waals surface area contributed by atoms with Gasteiger partial charge >= 0.3 is 0 Å². The van der Waals surface area contributed by atoms with Crippen LogP contribution in [0.1, 0.15) is 18.9 Å². The molecule has 0 fully saturated rings. The third-order valence-corrected chi connectivity index (χ3v) is 2.54. The van der Waals surface area contributed by atoms with Crippen molar-refractivity contribution in [2.45, 2.75) is 31.3 Å². The van der Waals surface area contributed by atoms with Crippen molar-refractivity contribution in [1.29, 1.82) is 0 Å². The molecule has 0 heterocycles. The molecule has 0 aliphatic carbocycles. The van der Waals surface area contributed by atoms with Crippen LogP contribution in [0, 0.1) is 6.92 Å². The average molecular weight is 212 g/mol. The first-order valence-corrected chi connectivity index (χ1v) is 5.47. The molecule has 1 aromatic rings. The summed E-state index contributed by atoms with van der Waals surface area (Å²) in [5.41, 5.74) is 1.25. The zero-order valence-corrected chi connectivity index (χ0v) is 9.38. The van der Waals surface area contributed by atoms with E-state index in [2.05, 4.69) is 19.1 Å².